The van der Waals surface area contributed by atoms with E-state index >= 15 is 0 Å². The molecule has 0 spiro atoms. The lowest BCUT2D eigenvalue weighted by molar-refractivity contribution is -0.181. The van der Waals surface area contributed by atoms with Crippen LogP contribution in [0.25, 0.3) is 0 Å². The fourth-order valence-electron chi connectivity index (χ4n) is 7.97. The maximum Gasteiger partial charge on any atom is 0.00317 e. The monoisotopic (exact) mass is 396 g/mol. The van der Waals surface area contributed by atoms with Gasteiger partial charge in [-0.05, 0) is 66.6 Å². The van der Waals surface area contributed by atoms with Crippen LogP contribution >= 0.6 is 0 Å². The van der Waals surface area contributed by atoms with Gasteiger partial charge in [0, 0.05) is 5.41 Å². The Morgan fingerprint density at radius 1 is 0.655 bits per heavy atom. The highest BCUT2D eigenvalue weighted by molar-refractivity contribution is 5.45. The molecule has 5 unspecified atom stereocenters. The van der Waals surface area contributed by atoms with Crippen LogP contribution in [0.15, 0.2) is 48.1 Å². The lowest BCUT2D eigenvalue weighted by atomic mass is 9.30. The molecule has 0 aromatic heterocycles. The van der Waals surface area contributed by atoms with Crippen LogP contribution in [0.3, 0.4) is 0 Å². The Bertz CT molecular complexity index is 735. The largest absolute Gasteiger partial charge is 0.0993 e. The van der Waals surface area contributed by atoms with Crippen LogP contribution in [0.5, 0.6) is 0 Å². The van der Waals surface area contributed by atoms with Gasteiger partial charge in [-0.15, -0.1) is 0 Å². The minimum Gasteiger partial charge on any atom is -0.0993 e. The fourth-order valence-corrected chi connectivity index (χ4v) is 7.97. The molecule has 4 aliphatic carbocycles. The second-order valence-electron chi connectivity index (χ2n) is 10.7. The van der Waals surface area contributed by atoms with E-state index < -0.39 is 0 Å². The van der Waals surface area contributed by atoms with Crippen molar-refractivity contribution in [2.45, 2.75) is 107 Å². The second-order valence-corrected chi connectivity index (χ2v) is 10.7. The lowest BCUT2D eigenvalue weighted by Gasteiger charge is -2.74. The molecule has 0 radical (unpaired) electrons. The second kappa shape index (κ2) is 7.58. The zero-order valence-electron chi connectivity index (χ0n) is 21.1. The lowest BCUT2D eigenvalue weighted by Crippen LogP contribution is -2.66. The first-order valence-electron chi connectivity index (χ1n) is 12.2. The zero-order valence-corrected chi connectivity index (χ0v) is 21.1. The summed E-state index contributed by atoms with van der Waals surface area (Å²) in [5, 5.41) is 0. The van der Waals surface area contributed by atoms with E-state index in [1.54, 1.807) is 5.57 Å². The Morgan fingerprint density at radius 3 is 1.79 bits per heavy atom. The van der Waals surface area contributed by atoms with Crippen molar-refractivity contribution in [1.82, 2.24) is 0 Å². The predicted octanol–water partition coefficient (Wildman–Crippen LogP) is 9.45. The van der Waals surface area contributed by atoms with Crippen molar-refractivity contribution in [3.05, 3.63) is 48.1 Å². The molecule has 29 heavy (non-hydrogen) atoms. The van der Waals surface area contributed by atoms with Crippen molar-refractivity contribution < 1.29 is 0 Å². The van der Waals surface area contributed by atoms with Gasteiger partial charge in [0.25, 0.3) is 0 Å². The van der Waals surface area contributed by atoms with E-state index in [0.29, 0.717) is 5.41 Å². The smallest absolute Gasteiger partial charge is 0.00317 e. The van der Waals surface area contributed by atoms with E-state index in [-0.39, 0.29) is 21.7 Å². The van der Waals surface area contributed by atoms with Gasteiger partial charge in [0.05, 0.1) is 0 Å². The quantitative estimate of drug-likeness (QED) is 0.358. The van der Waals surface area contributed by atoms with Crippen LogP contribution < -0.4 is 0 Å². The van der Waals surface area contributed by atoms with Crippen LogP contribution in [-0.4, -0.2) is 0 Å². The Morgan fingerprint density at radius 2 is 1.21 bits per heavy atom. The number of fused-ring (bicyclic) bond motifs is 5. The predicted molar refractivity (Wildman–Crippen MR) is 131 cm³/mol. The molecule has 5 atom stereocenters. The number of allylic oxidation sites excluding steroid dienone is 5. The molecule has 164 valence electrons. The Hall–Kier alpha value is -1.04. The summed E-state index contributed by atoms with van der Waals surface area (Å²) in [6.45, 7) is 34.4. The molecule has 0 aromatic carbocycles. The molecule has 3 saturated carbocycles. The van der Waals surface area contributed by atoms with E-state index in [1.165, 1.54) is 48.8 Å². The molecule has 3 fully saturated rings. The summed E-state index contributed by atoms with van der Waals surface area (Å²) >= 11 is 0. The van der Waals surface area contributed by atoms with Crippen molar-refractivity contribution in [2.75, 3.05) is 0 Å². The summed E-state index contributed by atoms with van der Waals surface area (Å²) in [5.41, 5.74) is 7.12. The van der Waals surface area contributed by atoms with E-state index in [2.05, 4.69) is 53.9 Å². The van der Waals surface area contributed by atoms with E-state index in [9.17, 15) is 0 Å². The van der Waals surface area contributed by atoms with E-state index in [0.717, 1.165) is 12.8 Å². The highest BCUT2D eigenvalue weighted by Gasteiger charge is 2.74. The van der Waals surface area contributed by atoms with Gasteiger partial charge in [0.15, 0.2) is 0 Å². The van der Waals surface area contributed by atoms with Gasteiger partial charge in [-0.3, -0.25) is 0 Å². The third-order valence-electron chi connectivity index (χ3n) is 10.6. The van der Waals surface area contributed by atoms with Gasteiger partial charge >= 0.3 is 0 Å². The topological polar surface area (TPSA) is 0 Å². The van der Waals surface area contributed by atoms with Crippen LogP contribution in [-0.2, 0) is 0 Å². The Labute approximate surface area is 182 Å². The first kappa shape index (κ1) is 24.2. The average molecular weight is 397 g/mol. The van der Waals surface area contributed by atoms with E-state index in [4.69, 9.17) is 6.58 Å². The molecule has 4 rings (SSSR count). The van der Waals surface area contributed by atoms with Gasteiger partial charge in [-0.1, -0.05) is 110 Å². The molecule has 0 amide bonds. The molecule has 0 aliphatic heterocycles. The van der Waals surface area contributed by atoms with Crippen LogP contribution in [0.1, 0.15) is 107 Å². The van der Waals surface area contributed by atoms with Crippen LogP contribution in [0, 0.1) is 27.1 Å². The fraction of sp³-hybridized carbons (Fsp3) is 0.724. The van der Waals surface area contributed by atoms with Crippen molar-refractivity contribution in [3.8, 4) is 0 Å². The van der Waals surface area contributed by atoms with Crippen molar-refractivity contribution in [2.24, 2.45) is 27.1 Å². The summed E-state index contributed by atoms with van der Waals surface area (Å²) in [6.07, 6.45) is 10.9. The maximum absolute atomic E-state index is 4.75. The van der Waals surface area contributed by atoms with Crippen LogP contribution in [0.2, 0.25) is 0 Å². The molecule has 0 bridgehead atoms. The van der Waals surface area contributed by atoms with Gasteiger partial charge in [-0.25, -0.2) is 0 Å². The molecular formula is C29H48. The number of hydrogen-bond donors (Lipinski definition) is 0. The van der Waals surface area contributed by atoms with Gasteiger partial charge in [-0.2, -0.15) is 0 Å². The summed E-state index contributed by atoms with van der Waals surface area (Å²) in [4.78, 5) is 0. The molecule has 0 N–H and O–H groups in total. The maximum atomic E-state index is 4.75. The molecule has 0 heterocycles. The average Bonchev–Trinajstić information content (AvgIpc) is 2.94. The molecule has 0 nitrogen and oxygen atoms in total. The molecule has 0 heteroatoms. The third kappa shape index (κ3) is 2.63. The summed E-state index contributed by atoms with van der Waals surface area (Å²) in [6, 6.07) is 0. The van der Waals surface area contributed by atoms with Crippen molar-refractivity contribution in [3.63, 3.8) is 0 Å². The van der Waals surface area contributed by atoms with Crippen molar-refractivity contribution in [1.29, 1.82) is 0 Å². The normalized spacial score (nSPS) is 45.6. The molecule has 0 aromatic rings. The summed E-state index contributed by atoms with van der Waals surface area (Å²) < 4.78 is 0. The summed E-state index contributed by atoms with van der Waals surface area (Å²) in [7, 11) is 0. The Balaban J connectivity index is 0.000000707. The SMILES string of the molecule is C=C1C=C2CCC3(C)C4(C)CCC(=C)C4(C)CC(=C)C3(C)C2(C)CC1.CC.CC. The Kier molecular flexibility index (Phi) is 6.33. The number of hydrogen-bond acceptors (Lipinski definition) is 0. The first-order valence-corrected chi connectivity index (χ1v) is 12.2. The minimum atomic E-state index is 0.156. The van der Waals surface area contributed by atoms with E-state index in [1.807, 2.05) is 27.7 Å². The summed E-state index contributed by atoms with van der Waals surface area (Å²) in [5.74, 6) is 0. The molecule has 4 aliphatic rings. The number of rotatable bonds is 0. The molecular weight excluding hydrogens is 348 g/mol. The third-order valence-corrected chi connectivity index (χ3v) is 10.6. The minimum absolute atomic E-state index is 0.156. The highest BCUT2D eigenvalue weighted by Crippen LogP contribution is 2.82. The highest BCUT2D eigenvalue weighted by atomic mass is 14.8. The van der Waals surface area contributed by atoms with Gasteiger partial charge < -0.3 is 0 Å². The van der Waals surface area contributed by atoms with Gasteiger partial charge in [0.2, 0.25) is 0 Å². The standard InChI is InChI=1S/C25H36.2C2H6/c1-17-9-12-21(4)20(15-17)11-14-24(7)23(6)13-10-18(2)22(23,5)16-19(3)25(21,24)8;2*1-2/h15H,1-3,9-14,16H2,4-8H3;2*1-2H3. The molecule has 0 saturated heterocycles. The van der Waals surface area contributed by atoms with Gasteiger partial charge in [0.1, 0.15) is 0 Å². The zero-order chi connectivity index (χ0) is 22.5. The van der Waals surface area contributed by atoms with Crippen LogP contribution in [0.4, 0.5) is 0 Å². The first-order chi connectivity index (χ1) is 13.5. The van der Waals surface area contributed by atoms with Crippen molar-refractivity contribution >= 4 is 0 Å².